The van der Waals surface area contributed by atoms with Gasteiger partial charge >= 0.3 is 0 Å². The highest BCUT2D eigenvalue weighted by Crippen LogP contribution is 2.23. The van der Waals surface area contributed by atoms with Crippen molar-refractivity contribution in [3.63, 3.8) is 0 Å². The van der Waals surface area contributed by atoms with Gasteiger partial charge in [0.05, 0.1) is 6.26 Å². The lowest BCUT2D eigenvalue weighted by molar-refractivity contribution is 0.258. The van der Waals surface area contributed by atoms with Gasteiger partial charge in [-0.1, -0.05) is 30.1 Å². The van der Waals surface area contributed by atoms with Crippen molar-refractivity contribution < 1.29 is 9.62 Å². The molecule has 0 saturated carbocycles. The molecule has 0 fully saturated rings. The summed E-state index contributed by atoms with van der Waals surface area (Å²) >= 11 is 1.23. The molecule has 1 heterocycles. The number of para-hydroxylation sites is 1. The highest BCUT2D eigenvalue weighted by molar-refractivity contribution is 7.96. The van der Waals surface area contributed by atoms with Gasteiger partial charge in [-0.15, -0.1) is 4.89 Å². The molecular formula is C9H9NO2S. The molecule has 1 aromatic carbocycles. The molecule has 0 spiro atoms. The second-order valence-electron chi connectivity index (χ2n) is 2.64. The zero-order chi connectivity index (χ0) is 9.10. The predicted molar refractivity (Wildman–Crippen MR) is 52.4 cm³/mol. The molecule has 2 N–H and O–H groups in total. The smallest absolute Gasteiger partial charge is 0.134 e. The third kappa shape index (κ3) is 1.70. The fourth-order valence-electron chi connectivity index (χ4n) is 1.25. The minimum absolute atomic E-state index is 0.688. The Morgan fingerprint density at radius 2 is 2.23 bits per heavy atom. The summed E-state index contributed by atoms with van der Waals surface area (Å²) in [6.07, 6.45) is 1.72. The van der Waals surface area contributed by atoms with Crippen LogP contribution < -0.4 is 4.89 Å². The number of nitrogens with one attached hydrogen (secondary N) is 1. The highest BCUT2D eigenvalue weighted by atomic mass is 32.2. The number of hydrogen-bond acceptors (Lipinski definition) is 4. The van der Waals surface area contributed by atoms with Crippen molar-refractivity contribution in [3.8, 4) is 0 Å². The molecule has 4 heteroatoms. The summed E-state index contributed by atoms with van der Waals surface area (Å²) in [5.41, 5.74) is 1.97. The Bertz CT molecular complexity index is 399. The fourth-order valence-corrected chi connectivity index (χ4v) is 1.70. The van der Waals surface area contributed by atoms with E-state index in [1.165, 1.54) is 11.9 Å². The first kappa shape index (κ1) is 8.62. The van der Waals surface area contributed by atoms with Crippen LogP contribution in [0.2, 0.25) is 0 Å². The average Bonchev–Trinajstić information content (AvgIpc) is 2.58. The van der Waals surface area contributed by atoms with Gasteiger partial charge in [0, 0.05) is 16.7 Å². The molecule has 0 unspecified atom stereocenters. The average molecular weight is 195 g/mol. The molecule has 3 nitrogen and oxygen atoms in total. The quantitative estimate of drug-likeness (QED) is 0.583. The zero-order valence-electron chi connectivity index (χ0n) is 6.86. The second kappa shape index (κ2) is 3.83. The van der Waals surface area contributed by atoms with Gasteiger partial charge in [-0.2, -0.15) is 0 Å². The van der Waals surface area contributed by atoms with Crippen LogP contribution in [0.1, 0.15) is 5.56 Å². The maximum atomic E-state index is 8.42. The number of furan rings is 1. The molecule has 0 radical (unpaired) electrons. The molecule has 0 saturated heterocycles. The van der Waals surface area contributed by atoms with Crippen LogP contribution in [-0.4, -0.2) is 5.21 Å². The highest BCUT2D eigenvalue weighted by Gasteiger charge is 2.03. The van der Waals surface area contributed by atoms with E-state index in [9.17, 15) is 0 Å². The van der Waals surface area contributed by atoms with Crippen LogP contribution in [0.25, 0.3) is 11.0 Å². The minimum atomic E-state index is 0.688. The molecular weight excluding hydrogens is 186 g/mol. The van der Waals surface area contributed by atoms with Gasteiger partial charge in [0.25, 0.3) is 0 Å². The van der Waals surface area contributed by atoms with Gasteiger partial charge in [-0.3, -0.25) is 0 Å². The Kier molecular flexibility index (Phi) is 2.54. The van der Waals surface area contributed by atoms with Crippen molar-refractivity contribution in [2.75, 3.05) is 0 Å². The lowest BCUT2D eigenvalue weighted by Crippen LogP contribution is -1.93. The van der Waals surface area contributed by atoms with E-state index in [1.807, 2.05) is 29.2 Å². The van der Waals surface area contributed by atoms with Gasteiger partial charge in [0.1, 0.15) is 5.58 Å². The summed E-state index contributed by atoms with van der Waals surface area (Å²) in [4.78, 5) is 2.05. The first-order valence-corrected chi connectivity index (χ1v) is 4.86. The van der Waals surface area contributed by atoms with Crippen LogP contribution in [0, 0.1) is 0 Å². The molecule has 68 valence electrons. The molecule has 0 amide bonds. The largest absolute Gasteiger partial charge is 0.464 e. The Morgan fingerprint density at radius 3 is 3.08 bits per heavy atom. The molecule has 0 aliphatic carbocycles. The molecule has 13 heavy (non-hydrogen) atoms. The van der Waals surface area contributed by atoms with Crippen molar-refractivity contribution in [3.05, 3.63) is 36.1 Å². The van der Waals surface area contributed by atoms with E-state index in [0.29, 0.717) is 5.75 Å². The van der Waals surface area contributed by atoms with Crippen molar-refractivity contribution in [1.29, 1.82) is 0 Å². The first-order valence-electron chi connectivity index (χ1n) is 3.88. The number of rotatable bonds is 3. The van der Waals surface area contributed by atoms with Crippen LogP contribution in [0.5, 0.6) is 0 Å². The SMILES string of the molecule is ONSCc1coc2ccccc12. The first-order chi connectivity index (χ1) is 6.42. The summed E-state index contributed by atoms with van der Waals surface area (Å²) in [6.45, 7) is 0. The Hall–Kier alpha value is -0.970. The molecule has 0 aliphatic rings. The lowest BCUT2D eigenvalue weighted by atomic mass is 10.2. The van der Waals surface area contributed by atoms with Gasteiger partial charge in [0.15, 0.2) is 0 Å². The van der Waals surface area contributed by atoms with Gasteiger partial charge in [0.2, 0.25) is 0 Å². The van der Waals surface area contributed by atoms with E-state index in [0.717, 1.165) is 16.5 Å². The Balaban J connectivity index is 2.35. The van der Waals surface area contributed by atoms with Crippen LogP contribution in [0.3, 0.4) is 0 Å². The number of hydrogen-bond donors (Lipinski definition) is 2. The monoisotopic (exact) mass is 195 g/mol. The molecule has 0 atom stereocenters. The molecule has 2 aromatic rings. The standard InChI is InChI=1S/C9H9NO2S/c11-10-13-6-7-5-12-9-4-2-1-3-8(7)9/h1-5,10-11H,6H2. The summed E-state index contributed by atoms with van der Waals surface area (Å²) < 4.78 is 5.32. The van der Waals surface area contributed by atoms with Crippen LogP contribution in [-0.2, 0) is 5.75 Å². The van der Waals surface area contributed by atoms with Crippen molar-refractivity contribution >= 4 is 22.9 Å². The van der Waals surface area contributed by atoms with Gasteiger partial charge in [-0.25, -0.2) is 0 Å². The zero-order valence-corrected chi connectivity index (χ0v) is 7.67. The minimum Gasteiger partial charge on any atom is -0.464 e. The lowest BCUT2D eigenvalue weighted by Gasteiger charge is -1.94. The maximum Gasteiger partial charge on any atom is 0.134 e. The van der Waals surface area contributed by atoms with Gasteiger partial charge < -0.3 is 9.62 Å². The van der Waals surface area contributed by atoms with Crippen molar-refractivity contribution in [1.82, 2.24) is 4.89 Å². The van der Waals surface area contributed by atoms with Crippen LogP contribution >= 0.6 is 11.9 Å². The summed E-state index contributed by atoms with van der Waals surface area (Å²) in [5, 5.41) is 9.52. The van der Waals surface area contributed by atoms with Crippen LogP contribution in [0.15, 0.2) is 34.9 Å². The summed E-state index contributed by atoms with van der Waals surface area (Å²) in [5.74, 6) is 0.688. The topological polar surface area (TPSA) is 45.4 Å². The third-order valence-electron chi connectivity index (χ3n) is 1.85. The van der Waals surface area contributed by atoms with E-state index in [2.05, 4.69) is 0 Å². The summed E-state index contributed by atoms with van der Waals surface area (Å²) in [6, 6.07) is 7.84. The van der Waals surface area contributed by atoms with Gasteiger partial charge in [-0.05, 0) is 6.07 Å². The van der Waals surface area contributed by atoms with E-state index >= 15 is 0 Å². The van der Waals surface area contributed by atoms with Crippen molar-refractivity contribution in [2.24, 2.45) is 0 Å². The summed E-state index contributed by atoms with van der Waals surface area (Å²) in [7, 11) is 0. The second-order valence-corrected chi connectivity index (χ2v) is 3.40. The number of benzene rings is 1. The molecule has 0 bridgehead atoms. The molecule has 2 rings (SSSR count). The Labute approximate surface area is 79.8 Å². The van der Waals surface area contributed by atoms with E-state index in [1.54, 1.807) is 6.26 Å². The fraction of sp³-hybridized carbons (Fsp3) is 0.111. The third-order valence-corrected chi connectivity index (χ3v) is 2.44. The Morgan fingerprint density at radius 1 is 1.38 bits per heavy atom. The molecule has 0 aliphatic heterocycles. The predicted octanol–water partition coefficient (Wildman–Crippen LogP) is 2.56. The molecule has 1 aromatic heterocycles. The van der Waals surface area contributed by atoms with E-state index < -0.39 is 0 Å². The van der Waals surface area contributed by atoms with E-state index in [4.69, 9.17) is 9.62 Å². The van der Waals surface area contributed by atoms with Crippen LogP contribution in [0.4, 0.5) is 0 Å². The number of fused-ring (bicyclic) bond motifs is 1. The maximum absolute atomic E-state index is 8.42. The van der Waals surface area contributed by atoms with E-state index in [-0.39, 0.29) is 0 Å². The van der Waals surface area contributed by atoms with Crippen molar-refractivity contribution in [2.45, 2.75) is 5.75 Å². The normalized spacial score (nSPS) is 10.8.